The minimum Gasteiger partial charge on any atom is -0.550 e. The molecule has 0 saturated carbocycles. The van der Waals surface area contributed by atoms with Gasteiger partial charge in [0.15, 0.2) is 0 Å². The second-order valence-corrected chi connectivity index (χ2v) is 0.715. The van der Waals surface area contributed by atoms with Gasteiger partial charge in [0.05, 0.1) is 5.09 Å². The van der Waals surface area contributed by atoms with Gasteiger partial charge >= 0.3 is 55.1 Å². The summed E-state index contributed by atoms with van der Waals surface area (Å²) in [5.74, 6) is -1.08. The van der Waals surface area contributed by atoms with Gasteiger partial charge in [-0.05, 0) is 6.92 Å². The topological polar surface area (TPSA) is 106 Å². The van der Waals surface area contributed by atoms with Crippen LogP contribution in [-0.4, -0.2) is 11.1 Å². The second kappa shape index (κ2) is 16.2. The molecule has 0 aromatic carbocycles. The van der Waals surface area contributed by atoms with E-state index in [0.29, 0.717) is 0 Å². The Morgan fingerprint density at radius 2 is 1.40 bits per heavy atom. The largest absolute Gasteiger partial charge is 3.00 e. The van der Waals surface area contributed by atoms with Crippen molar-refractivity contribution >= 4 is 5.97 Å². The molecule has 0 aliphatic carbocycles. The molecular weight excluding hydrogens is 358 g/mol. The second-order valence-electron chi connectivity index (χ2n) is 0.715. The first kappa shape index (κ1) is 22.4. The molecule has 0 fully saturated rings. The molecule has 0 aliphatic heterocycles. The first-order valence-corrected chi connectivity index (χ1v) is 1.46. The van der Waals surface area contributed by atoms with Gasteiger partial charge in [-0.25, -0.2) is 0 Å². The van der Waals surface area contributed by atoms with Gasteiger partial charge in [0, 0.05) is 5.97 Å². The van der Waals surface area contributed by atoms with Crippen molar-refractivity contribution in [3.8, 4) is 0 Å². The van der Waals surface area contributed by atoms with E-state index in [0.717, 1.165) is 6.92 Å². The number of carbonyl (C=O) groups excluding carboxylic acids is 1. The normalized spacial score (nSPS) is 4.90. The molecule has 0 aromatic rings. The average molecular weight is 361 g/mol. The molecule has 1 radical (unpaired) electrons. The smallest absolute Gasteiger partial charge is 0.550 e. The van der Waals surface area contributed by atoms with Crippen LogP contribution in [0.25, 0.3) is 0 Å². The van der Waals surface area contributed by atoms with E-state index >= 15 is 0 Å². The molecule has 0 unspecified atom stereocenters. The van der Waals surface area contributed by atoms with Crippen LogP contribution in [0, 0.1) is 50.9 Å². The van der Waals surface area contributed by atoms with E-state index in [1.54, 1.807) is 0 Å². The zero-order valence-electron chi connectivity index (χ0n) is 4.92. The Morgan fingerprint density at radius 1 is 1.40 bits per heavy atom. The minimum absolute atomic E-state index is 0. The van der Waals surface area contributed by atoms with Gasteiger partial charge in [0.25, 0.3) is 0 Å². The zero-order valence-corrected chi connectivity index (χ0v) is 10.3. The molecule has 6 nitrogen and oxygen atoms in total. The number of hydrogen-bond acceptors (Lipinski definition) is 5. The Balaban J connectivity index is -0.0000000300. The number of aliphatic carboxylic acids is 1. The molecule has 0 atom stereocenters. The van der Waals surface area contributed by atoms with Crippen molar-refractivity contribution in [2.24, 2.45) is 0 Å². The molecule has 0 spiro atoms. The maximum Gasteiger partial charge on any atom is 3.00 e. The third kappa shape index (κ3) is 2000. The molecule has 0 heterocycles. The van der Waals surface area contributed by atoms with Crippen LogP contribution in [0.3, 0.4) is 0 Å². The molecule has 0 aromatic heterocycles. The number of hydrogen-bond donors (Lipinski definition) is 0. The van der Waals surface area contributed by atoms with Crippen LogP contribution in [0.15, 0.2) is 0 Å². The number of nitrogens with zero attached hydrogens (tertiary/aromatic N) is 1. The predicted molar refractivity (Wildman–Crippen MR) is 21.0 cm³/mol. The Labute approximate surface area is 97.5 Å². The molecule has 0 N–H and O–H groups in total. The third-order valence-electron chi connectivity index (χ3n) is 0. The molecular formula is C2H3LaNO5Ru+4. The fourth-order valence-corrected chi connectivity index (χ4v) is 0. The van der Waals surface area contributed by atoms with E-state index < -0.39 is 11.1 Å². The van der Waals surface area contributed by atoms with Crippen molar-refractivity contribution in [3.05, 3.63) is 15.3 Å². The Morgan fingerprint density at radius 3 is 1.40 bits per heavy atom. The number of carbonyl (C=O) groups is 1. The predicted octanol–water partition coefficient (Wildman–Crippen LogP) is -1.49. The fourth-order valence-electron chi connectivity index (χ4n) is 0. The van der Waals surface area contributed by atoms with Crippen LogP contribution < -0.4 is 5.11 Å². The van der Waals surface area contributed by atoms with Gasteiger partial charge < -0.3 is 25.2 Å². The maximum absolute atomic E-state index is 8.89. The SMILES string of the molecule is CC(=O)[O-].O=[N+]([O-])[O-].[La+3].[Ru+3]. The van der Waals surface area contributed by atoms with E-state index in [4.69, 9.17) is 25.2 Å². The van der Waals surface area contributed by atoms with Gasteiger partial charge in [-0.1, -0.05) is 0 Å². The van der Waals surface area contributed by atoms with Gasteiger partial charge in [-0.2, -0.15) is 0 Å². The first-order chi connectivity index (χ1) is 3.46. The summed E-state index contributed by atoms with van der Waals surface area (Å²) in [5, 5.41) is 23.6. The van der Waals surface area contributed by atoms with Crippen molar-refractivity contribution in [2.75, 3.05) is 0 Å². The van der Waals surface area contributed by atoms with Gasteiger partial charge in [0.2, 0.25) is 0 Å². The summed E-state index contributed by atoms with van der Waals surface area (Å²) >= 11 is 0. The molecule has 53 valence electrons. The van der Waals surface area contributed by atoms with Crippen molar-refractivity contribution in [3.63, 3.8) is 0 Å². The molecule has 0 saturated heterocycles. The van der Waals surface area contributed by atoms with Crippen LogP contribution in [0.2, 0.25) is 0 Å². The van der Waals surface area contributed by atoms with Crippen LogP contribution >= 0.6 is 0 Å². The van der Waals surface area contributed by atoms with E-state index in [-0.39, 0.29) is 55.1 Å². The average Bonchev–Trinajstić information content (AvgIpc) is 1.25. The maximum atomic E-state index is 8.89. The molecule has 0 amide bonds. The van der Waals surface area contributed by atoms with Crippen molar-refractivity contribution in [1.82, 2.24) is 0 Å². The van der Waals surface area contributed by atoms with E-state index in [9.17, 15) is 0 Å². The van der Waals surface area contributed by atoms with Crippen molar-refractivity contribution in [1.29, 1.82) is 0 Å². The summed E-state index contributed by atoms with van der Waals surface area (Å²) < 4.78 is 0. The van der Waals surface area contributed by atoms with E-state index in [2.05, 4.69) is 0 Å². The van der Waals surface area contributed by atoms with Crippen LogP contribution in [0.1, 0.15) is 6.92 Å². The molecule has 10 heavy (non-hydrogen) atoms. The number of carboxylic acid groups (broad SMARTS) is 1. The monoisotopic (exact) mass is 362 g/mol. The van der Waals surface area contributed by atoms with Crippen LogP contribution in [-0.2, 0) is 24.3 Å². The van der Waals surface area contributed by atoms with Crippen LogP contribution in [0.5, 0.6) is 0 Å². The summed E-state index contributed by atoms with van der Waals surface area (Å²) in [6.07, 6.45) is 0. The summed E-state index contributed by atoms with van der Waals surface area (Å²) in [6, 6.07) is 0. The Hall–Kier alpha value is 0.488. The molecule has 0 bridgehead atoms. The Kier molecular flexibility index (Phi) is 36.4. The number of carboxylic acids is 1. The Bertz CT molecular complexity index is 77.6. The van der Waals surface area contributed by atoms with E-state index in [1.807, 2.05) is 0 Å². The molecule has 0 rings (SSSR count). The minimum atomic E-state index is -1.75. The quantitative estimate of drug-likeness (QED) is 0.297. The van der Waals surface area contributed by atoms with Crippen LogP contribution in [0.4, 0.5) is 0 Å². The van der Waals surface area contributed by atoms with Gasteiger partial charge in [0.1, 0.15) is 0 Å². The van der Waals surface area contributed by atoms with Gasteiger partial charge in [-0.15, -0.1) is 0 Å². The molecule has 0 aliphatic rings. The van der Waals surface area contributed by atoms with Crippen molar-refractivity contribution < 1.29 is 70.1 Å². The number of rotatable bonds is 0. The summed E-state index contributed by atoms with van der Waals surface area (Å²) in [4.78, 5) is 17.1. The standard InChI is InChI=1S/C2H4O2.La.NO3.Ru/c1-2(3)4;;2-1(3)4;/h1H3,(H,3,4);;;/q;+3;-1;+3/p-1. The zero-order chi connectivity index (χ0) is 7.15. The first-order valence-electron chi connectivity index (χ1n) is 1.46. The summed E-state index contributed by atoms with van der Waals surface area (Å²) in [5.41, 5.74) is 0. The summed E-state index contributed by atoms with van der Waals surface area (Å²) in [6.45, 7) is 0.972. The van der Waals surface area contributed by atoms with Crippen molar-refractivity contribution in [2.45, 2.75) is 6.92 Å². The third-order valence-corrected chi connectivity index (χ3v) is 0. The van der Waals surface area contributed by atoms with Gasteiger partial charge in [-0.3, -0.25) is 0 Å². The van der Waals surface area contributed by atoms with E-state index in [1.165, 1.54) is 0 Å². The fraction of sp³-hybridized carbons (Fsp3) is 0.500. The summed E-state index contributed by atoms with van der Waals surface area (Å²) in [7, 11) is 0. The molecule has 8 heteroatoms.